The second-order valence-electron chi connectivity index (χ2n) is 6.23. The molecule has 0 bridgehead atoms. The van der Waals surface area contributed by atoms with E-state index in [9.17, 15) is 8.42 Å². The van der Waals surface area contributed by atoms with E-state index in [0.29, 0.717) is 23.6 Å². The van der Waals surface area contributed by atoms with Crippen LogP contribution in [0.25, 0.3) is 0 Å². The lowest BCUT2D eigenvalue weighted by Crippen LogP contribution is -2.37. The van der Waals surface area contributed by atoms with Crippen molar-refractivity contribution in [3.63, 3.8) is 0 Å². The molecular formula is C15H25NO3S. The number of nitrogens with one attached hydrogen (secondary N) is 1. The fourth-order valence-electron chi connectivity index (χ4n) is 1.60. The van der Waals surface area contributed by atoms with Gasteiger partial charge in [0, 0.05) is 6.54 Å². The Morgan fingerprint density at radius 1 is 1.30 bits per heavy atom. The maximum Gasteiger partial charge on any atom is 0.240 e. The fourth-order valence-corrected chi connectivity index (χ4v) is 3.11. The molecule has 0 aromatic heterocycles. The van der Waals surface area contributed by atoms with Crippen molar-refractivity contribution in [2.75, 3.05) is 6.54 Å². The van der Waals surface area contributed by atoms with E-state index in [2.05, 4.69) is 18.6 Å². The van der Waals surface area contributed by atoms with Crippen molar-refractivity contribution in [3.8, 4) is 0 Å². The van der Waals surface area contributed by atoms with Crippen LogP contribution in [0.4, 0.5) is 0 Å². The van der Waals surface area contributed by atoms with Gasteiger partial charge in [-0.1, -0.05) is 39.8 Å². The summed E-state index contributed by atoms with van der Waals surface area (Å²) in [6.07, 6.45) is 0. The molecule has 0 aliphatic heterocycles. The van der Waals surface area contributed by atoms with E-state index in [1.807, 2.05) is 13.8 Å². The number of hydrogen-bond donors (Lipinski definition) is 2. The minimum absolute atomic E-state index is 0.116. The first kappa shape index (κ1) is 17.1. The molecule has 0 heterocycles. The first-order valence-corrected chi connectivity index (χ1v) is 8.28. The van der Waals surface area contributed by atoms with Gasteiger partial charge in [0.05, 0.1) is 11.5 Å². The van der Waals surface area contributed by atoms with Crippen molar-refractivity contribution < 1.29 is 13.5 Å². The van der Waals surface area contributed by atoms with Crippen LogP contribution in [0.2, 0.25) is 0 Å². The number of aryl methyl sites for hydroxylation is 1. The van der Waals surface area contributed by atoms with Gasteiger partial charge >= 0.3 is 0 Å². The minimum atomic E-state index is -3.55. The van der Waals surface area contributed by atoms with E-state index < -0.39 is 10.0 Å². The van der Waals surface area contributed by atoms with Gasteiger partial charge in [-0.2, -0.15) is 0 Å². The molecule has 0 saturated carbocycles. The smallest absolute Gasteiger partial charge is 0.240 e. The van der Waals surface area contributed by atoms with Crippen molar-refractivity contribution in [3.05, 3.63) is 29.3 Å². The first-order chi connectivity index (χ1) is 9.10. The highest BCUT2D eigenvalue weighted by atomic mass is 32.2. The molecule has 1 aromatic rings. The number of sulfonamides is 1. The summed E-state index contributed by atoms with van der Waals surface area (Å²) in [5, 5.41) is 9.14. The Hall–Kier alpha value is -0.910. The summed E-state index contributed by atoms with van der Waals surface area (Å²) in [7, 11) is -3.55. The Morgan fingerprint density at radius 2 is 1.90 bits per heavy atom. The van der Waals surface area contributed by atoms with Crippen LogP contribution in [0, 0.1) is 18.3 Å². The van der Waals surface area contributed by atoms with E-state index in [0.717, 1.165) is 0 Å². The maximum absolute atomic E-state index is 12.4. The molecule has 20 heavy (non-hydrogen) atoms. The quantitative estimate of drug-likeness (QED) is 0.848. The van der Waals surface area contributed by atoms with Crippen LogP contribution in [0.1, 0.15) is 38.8 Å². The lowest BCUT2D eigenvalue weighted by molar-refractivity contribution is 0.252. The Labute approximate surface area is 122 Å². The summed E-state index contributed by atoms with van der Waals surface area (Å²) in [6, 6.07) is 4.97. The monoisotopic (exact) mass is 299 g/mol. The van der Waals surface area contributed by atoms with Gasteiger partial charge in [-0.25, -0.2) is 13.1 Å². The highest BCUT2D eigenvalue weighted by molar-refractivity contribution is 7.89. The van der Waals surface area contributed by atoms with Gasteiger partial charge in [0.25, 0.3) is 0 Å². The Bertz CT molecular complexity index is 562. The third-order valence-corrected chi connectivity index (χ3v) is 5.55. The molecule has 2 N–H and O–H groups in total. The average Bonchev–Trinajstić information content (AvgIpc) is 2.37. The Kier molecular flexibility index (Phi) is 5.35. The SMILES string of the molecule is Cc1ccc(CO)cc1S(=O)(=O)NCC(C)(C)C(C)C. The van der Waals surface area contributed by atoms with Crippen LogP contribution in [0.3, 0.4) is 0 Å². The van der Waals surface area contributed by atoms with Crippen molar-refractivity contribution in [2.24, 2.45) is 11.3 Å². The molecule has 0 atom stereocenters. The lowest BCUT2D eigenvalue weighted by Gasteiger charge is -2.29. The van der Waals surface area contributed by atoms with Gasteiger partial charge in [0.15, 0.2) is 0 Å². The predicted molar refractivity (Wildman–Crippen MR) is 80.9 cm³/mol. The van der Waals surface area contributed by atoms with Gasteiger partial charge in [-0.3, -0.25) is 0 Å². The Morgan fingerprint density at radius 3 is 2.40 bits per heavy atom. The molecule has 0 fully saturated rings. The normalized spacial score (nSPS) is 12.9. The number of rotatable bonds is 6. The second kappa shape index (κ2) is 6.24. The van der Waals surface area contributed by atoms with Crippen molar-refractivity contribution in [1.82, 2.24) is 4.72 Å². The average molecular weight is 299 g/mol. The molecule has 0 spiro atoms. The number of benzene rings is 1. The van der Waals surface area contributed by atoms with Crippen molar-refractivity contribution in [2.45, 2.75) is 46.1 Å². The molecule has 0 aliphatic rings. The zero-order valence-electron chi connectivity index (χ0n) is 12.9. The molecule has 114 valence electrons. The number of aliphatic hydroxyl groups is 1. The van der Waals surface area contributed by atoms with Crippen molar-refractivity contribution in [1.29, 1.82) is 0 Å². The topological polar surface area (TPSA) is 66.4 Å². The Balaban J connectivity index is 3.00. The largest absolute Gasteiger partial charge is 0.392 e. The van der Waals surface area contributed by atoms with E-state index >= 15 is 0 Å². The molecule has 5 heteroatoms. The van der Waals surface area contributed by atoms with E-state index in [4.69, 9.17) is 5.11 Å². The second-order valence-corrected chi connectivity index (χ2v) is 7.96. The molecule has 0 aliphatic carbocycles. The van der Waals surface area contributed by atoms with Gasteiger partial charge in [-0.05, 0) is 35.4 Å². The lowest BCUT2D eigenvalue weighted by atomic mass is 9.81. The van der Waals surface area contributed by atoms with Gasteiger partial charge in [-0.15, -0.1) is 0 Å². The van der Waals surface area contributed by atoms with Crippen LogP contribution in [-0.4, -0.2) is 20.1 Å². The number of hydrogen-bond acceptors (Lipinski definition) is 3. The van der Waals surface area contributed by atoms with Crippen LogP contribution < -0.4 is 4.72 Å². The fraction of sp³-hybridized carbons (Fsp3) is 0.600. The zero-order valence-corrected chi connectivity index (χ0v) is 13.7. The zero-order chi connectivity index (χ0) is 15.6. The molecule has 0 radical (unpaired) electrons. The van der Waals surface area contributed by atoms with E-state index in [1.54, 1.807) is 19.1 Å². The van der Waals surface area contributed by atoms with Crippen LogP contribution in [-0.2, 0) is 16.6 Å². The van der Waals surface area contributed by atoms with E-state index in [1.165, 1.54) is 6.07 Å². The summed E-state index contributed by atoms with van der Waals surface area (Å²) in [5.41, 5.74) is 1.16. The van der Waals surface area contributed by atoms with Crippen LogP contribution in [0.15, 0.2) is 23.1 Å². The first-order valence-electron chi connectivity index (χ1n) is 6.80. The summed E-state index contributed by atoms with van der Waals surface area (Å²) in [6.45, 7) is 10.2. The molecular weight excluding hydrogens is 274 g/mol. The summed E-state index contributed by atoms with van der Waals surface area (Å²) in [4.78, 5) is 0.239. The van der Waals surface area contributed by atoms with Crippen LogP contribution >= 0.6 is 0 Å². The molecule has 4 nitrogen and oxygen atoms in total. The summed E-state index contributed by atoms with van der Waals surface area (Å²) < 4.78 is 27.5. The van der Waals surface area contributed by atoms with Crippen molar-refractivity contribution >= 4 is 10.0 Å². The molecule has 0 saturated heterocycles. The standard InChI is InChI=1S/C15H25NO3S/c1-11(2)15(4,5)10-16-20(18,19)14-8-13(9-17)7-6-12(14)3/h6-8,11,16-17H,9-10H2,1-5H3. The van der Waals surface area contributed by atoms with E-state index in [-0.39, 0.29) is 16.9 Å². The summed E-state index contributed by atoms with van der Waals surface area (Å²) in [5.74, 6) is 0.370. The van der Waals surface area contributed by atoms with Gasteiger partial charge < -0.3 is 5.11 Å². The third-order valence-electron chi connectivity index (χ3n) is 4.01. The maximum atomic E-state index is 12.4. The predicted octanol–water partition coefficient (Wildman–Crippen LogP) is 2.45. The minimum Gasteiger partial charge on any atom is -0.392 e. The van der Waals surface area contributed by atoms with Crippen LogP contribution in [0.5, 0.6) is 0 Å². The number of aliphatic hydroxyl groups excluding tert-OH is 1. The molecule has 1 rings (SSSR count). The molecule has 0 unspecified atom stereocenters. The van der Waals surface area contributed by atoms with Gasteiger partial charge in [0.1, 0.15) is 0 Å². The van der Waals surface area contributed by atoms with Gasteiger partial charge in [0.2, 0.25) is 10.0 Å². The highest BCUT2D eigenvalue weighted by Crippen LogP contribution is 2.26. The molecule has 1 aromatic carbocycles. The third kappa shape index (κ3) is 4.04. The highest BCUT2D eigenvalue weighted by Gasteiger charge is 2.26. The molecule has 0 amide bonds. The summed E-state index contributed by atoms with van der Waals surface area (Å²) >= 11 is 0.